The first-order valence-corrected chi connectivity index (χ1v) is 6.05. The molecule has 0 amide bonds. The molecular weight excluding hydrogens is 301 g/mol. The van der Waals surface area contributed by atoms with Crippen LogP contribution in [0.15, 0.2) is 34.4 Å². The minimum absolute atomic E-state index is 0.0645. The summed E-state index contributed by atoms with van der Waals surface area (Å²) in [5.74, 6) is -0.439. The van der Waals surface area contributed by atoms with E-state index in [1.807, 2.05) is 0 Å². The van der Waals surface area contributed by atoms with Crippen molar-refractivity contribution in [2.75, 3.05) is 5.73 Å². The highest BCUT2D eigenvalue weighted by Crippen LogP contribution is 2.32. The first kappa shape index (κ1) is 13.9. The van der Waals surface area contributed by atoms with E-state index in [1.165, 1.54) is 6.20 Å². The molecule has 0 saturated carbocycles. The van der Waals surface area contributed by atoms with E-state index in [2.05, 4.69) is 15.0 Å². The lowest BCUT2D eigenvalue weighted by Gasteiger charge is -2.08. The predicted octanol–water partition coefficient (Wildman–Crippen LogP) is 3.28. The molecule has 2 heterocycles. The summed E-state index contributed by atoms with van der Waals surface area (Å²) in [5, 5.41) is 0.952. The van der Waals surface area contributed by atoms with Crippen molar-refractivity contribution in [3.05, 3.63) is 35.1 Å². The van der Waals surface area contributed by atoms with Crippen LogP contribution in [0.5, 0.6) is 0 Å². The fraction of sp³-hybridized carbons (Fsp3) is 0.100. The fourth-order valence-corrected chi connectivity index (χ4v) is 2.05. The van der Waals surface area contributed by atoms with E-state index in [4.69, 9.17) is 17.3 Å². The van der Waals surface area contributed by atoms with Gasteiger partial charge in [-0.05, 0) is 23.9 Å². The molecule has 0 aliphatic carbocycles. The van der Waals surface area contributed by atoms with Crippen LogP contribution in [0.25, 0.3) is 0 Å². The number of nitrogen functional groups attached to an aromatic ring is 1. The molecule has 100 valence electrons. The average molecular weight is 307 g/mol. The van der Waals surface area contributed by atoms with E-state index in [-0.39, 0.29) is 5.03 Å². The summed E-state index contributed by atoms with van der Waals surface area (Å²) < 4.78 is 37.7. The molecule has 0 radical (unpaired) electrons. The zero-order valence-corrected chi connectivity index (χ0v) is 10.7. The van der Waals surface area contributed by atoms with Gasteiger partial charge < -0.3 is 5.73 Å². The number of nitrogens with zero attached hydrogens (tertiary/aromatic N) is 3. The molecule has 2 aromatic rings. The molecule has 2 aromatic heterocycles. The lowest BCUT2D eigenvalue weighted by Crippen LogP contribution is -2.11. The van der Waals surface area contributed by atoms with Crippen molar-refractivity contribution >= 4 is 29.3 Å². The molecule has 0 saturated heterocycles. The van der Waals surface area contributed by atoms with Crippen LogP contribution < -0.4 is 5.73 Å². The molecule has 0 bridgehead atoms. The van der Waals surface area contributed by atoms with Gasteiger partial charge in [-0.15, -0.1) is 0 Å². The van der Waals surface area contributed by atoms with E-state index >= 15 is 0 Å². The van der Waals surface area contributed by atoms with Crippen molar-refractivity contribution in [2.45, 2.75) is 16.2 Å². The normalized spacial score (nSPS) is 11.6. The third kappa shape index (κ3) is 3.71. The Hall–Kier alpha value is -1.54. The summed E-state index contributed by atoms with van der Waals surface area (Å²) in [6.07, 6.45) is -3.18. The molecule has 0 fully saturated rings. The van der Waals surface area contributed by atoms with Crippen molar-refractivity contribution in [2.24, 2.45) is 0 Å². The van der Waals surface area contributed by atoms with Crippen molar-refractivity contribution in [3.8, 4) is 0 Å². The number of anilines is 1. The Morgan fingerprint density at radius 1 is 1.16 bits per heavy atom. The second-order valence-corrected chi connectivity index (χ2v) is 4.84. The number of aromatic nitrogens is 3. The summed E-state index contributed by atoms with van der Waals surface area (Å²) in [7, 11) is 0. The maximum Gasteiger partial charge on any atom is 0.433 e. The van der Waals surface area contributed by atoms with Gasteiger partial charge in [0.2, 0.25) is 5.95 Å². The molecule has 4 nitrogen and oxygen atoms in total. The van der Waals surface area contributed by atoms with E-state index in [1.54, 1.807) is 12.1 Å². The van der Waals surface area contributed by atoms with Crippen LogP contribution in [-0.2, 0) is 6.18 Å². The van der Waals surface area contributed by atoms with Crippen LogP contribution in [-0.4, -0.2) is 15.0 Å². The van der Waals surface area contributed by atoms with Gasteiger partial charge in [-0.3, -0.25) is 0 Å². The van der Waals surface area contributed by atoms with Crippen molar-refractivity contribution in [1.82, 2.24) is 15.0 Å². The van der Waals surface area contributed by atoms with Gasteiger partial charge in [-0.2, -0.15) is 13.2 Å². The van der Waals surface area contributed by atoms with Crippen LogP contribution in [0.3, 0.4) is 0 Å². The topological polar surface area (TPSA) is 64.7 Å². The number of hydrogen-bond donors (Lipinski definition) is 1. The number of nitrogens with two attached hydrogens (primary N) is 1. The highest BCUT2D eigenvalue weighted by Gasteiger charge is 2.33. The van der Waals surface area contributed by atoms with Crippen LogP contribution >= 0.6 is 23.4 Å². The highest BCUT2D eigenvalue weighted by molar-refractivity contribution is 7.99. The number of pyridine rings is 1. The number of halogens is 4. The molecule has 0 aromatic carbocycles. The van der Waals surface area contributed by atoms with Gasteiger partial charge in [0, 0.05) is 12.3 Å². The summed E-state index contributed by atoms with van der Waals surface area (Å²) in [6.45, 7) is 0. The van der Waals surface area contributed by atoms with Crippen molar-refractivity contribution in [3.63, 3.8) is 0 Å². The standard InChI is InChI=1S/C10H6ClF3N4S/c11-5-1-2-7(16-4-5)19-8-3-6(10(12,13)14)17-9(15)18-8/h1-4H,(H2,15,17,18). The van der Waals surface area contributed by atoms with Gasteiger partial charge in [0.05, 0.1) is 5.02 Å². The van der Waals surface area contributed by atoms with Gasteiger partial charge in [-0.1, -0.05) is 11.6 Å². The Bertz CT molecular complexity index is 588. The SMILES string of the molecule is Nc1nc(Sc2ccc(Cl)cn2)cc(C(F)(F)F)n1. The molecule has 0 spiro atoms. The Labute approximate surface area is 115 Å². The molecule has 0 aliphatic heterocycles. The molecule has 9 heteroatoms. The first-order chi connectivity index (χ1) is 8.84. The van der Waals surface area contributed by atoms with E-state index in [0.717, 1.165) is 17.8 Å². The van der Waals surface area contributed by atoms with E-state index in [0.29, 0.717) is 10.0 Å². The molecule has 0 aliphatic rings. The lowest BCUT2D eigenvalue weighted by molar-refractivity contribution is -0.141. The molecule has 0 unspecified atom stereocenters. The van der Waals surface area contributed by atoms with Gasteiger partial charge in [-0.25, -0.2) is 15.0 Å². The molecule has 2 rings (SSSR count). The maximum atomic E-state index is 12.6. The minimum atomic E-state index is -4.57. The van der Waals surface area contributed by atoms with Crippen LogP contribution in [0.2, 0.25) is 5.02 Å². The molecular formula is C10H6ClF3N4S. The Morgan fingerprint density at radius 2 is 1.89 bits per heavy atom. The van der Waals surface area contributed by atoms with Gasteiger partial charge in [0.1, 0.15) is 10.1 Å². The zero-order chi connectivity index (χ0) is 14.0. The zero-order valence-electron chi connectivity index (χ0n) is 9.15. The van der Waals surface area contributed by atoms with Crippen LogP contribution in [0.4, 0.5) is 19.1 Å². The largest absolute Gasteiger partial charge is 0.433 e. The fourth-order valence-electron chi connectivity index (χ4n) is 1.17. The summed E-state index contributed by atoms with van der Waals surface area (Å²) in [6, 6.07) is 3.96. The summed E-state index contributed by atoms with van der Waals surface area (Å²) >= 11 is 6.60. The van der Waals surface area contributed by atoms with Crippen LogP contribution in [0, 0.1) is 0 Å². The molecule has 19 heavy (non-hydrogen) atoms. The Morgan fingerprint density at radius 3 is 2.47 bits per heavy atom. The third-order valence-electron chi connectivity index (χ3n) is 1.92. The van der Waals surface area contributed by atoms with Crippen molar-refractivity contribution < 1.29 is 13.2 Å². The minimum Gasteiger partial charge on any atom is -0.368 e. The summed E-state index contributed by atoms with van der Waals surface area (Å²) in [4.78, 5) is 10.8. The van der Waals surface area contributed by atoms with E-state index < -0.39 is 17.8 Å². The number of rotatable bonds is 2. The monoisotopic (exact) mass is 306 g/mol. The second-order valence-electron chi connectivity index (χ2n) is 3.36. The third-order valence-corrected chi connectivity index (χ3v) is 3.01. The summed E-state index contributed by atoms with van der Waals surface area (Å²) in [5.41, 5.74) is 4.17. The first-order valence-electron chi connectivity index (χ1n) is 4.86. The van der Waals surface area contributed by atoms with Crippen molar-refractivity contribution in [1.29, 1.82) is 0 Å². The highest BCUT2D eigenvalue weighted by atomic mass is 35.5. The van der Waals surface area contributed by atoms with Gasteiger partial charge >= 0.3 is 6.18 Å². The maximum absolute atomic E-state index is 12.6. The average Bonchev–Trinajstić information content (AvgIpc) is 2.30. The van der Waals surface area contributed by atoms with E-state index in [9.17, 15) is 13.2 Å². The van der Waals surface area contributed by atoms with Gasteiger partial charge in [0.15, 0.2) is 5.69 Å². The quantitative estimate of drug-likeness (QED) is 0.863. The number of hydrogen-bond acceptors (Lipinski definition) is 5. The molecule has 0 atom stereocenters. The Balaban J connectivity index is 2.30. The molecule has 2 N–H and O–H groups in total. The second kappa shape index (κ2) is 5.22. The Kier molecular flexibility index (Phi) is 3.81. The number of alkyl halides is 3. The van der Waals surface area contributed by atoms with Gasteiger partial charge in [0.25, 0.3) is 0 Å². The predicted molar refractivity (Wildman–Crippen MR) is 64.8 cm³/mol. The van der Waals surface area contributed by atoms with Crippen LogP contribution in [0.1, 0.15) is 5.69 Å². The smallest absolute Gasteiger partial charge is 0.368 e. The lowest BCUT2D eigenvalue weighted by atomic mass is 10.4.